The number of hydrogen-bond donors (Lipinski definition) is 1. The van der Waals surface area contributed by atoms with E-state index in [-0.39, 0.29) is 11.9 Å². The molecule has 140 valence electrons. The Balaban J connectivity index is 1.53. The van der Waals surface area contributed by atoms with Gasteiger partial charge in [0, 0.05) is 31.9 Å². The van der Waals surface area contributed by atoms with Crippen molar-refractivity contribution in [3.05, 3.63) is 65.8 Å². The molecule has 0 radical (unpaired) electrons. The number of amides is 1. The van der Waals surface area contributed by atoms with E-state index >= 15 is 0 Å². The molecule has 1 aliphatic rings. The number of aryl methyl sites for hydroxylation is 3. The second-order valence-corrected chi connectivity index (χ2v) is 6.94. The van der Waals surface area contributed by atoms with Crippen molar-refractivity contribution in [1.29, 1.82) is 0 Å². The number of benzene rings is 1. The van der Waals surface area contributed by atoms with Crippen molar-refractivity contribution in [1.82, 2.24) is 29.6 Å². The maximum atomic E-state index is 12.9. The normalized spacial score (nSPS) is 14.6. The molecular weight excluding hydrogens is 340 g/mol. The van der Waals surface area contributed by atoms with Gasteiger partial charge in [0.25, 0.3) is 5.91 Å². The van der Waals surface area contributed by atoms with E-state index in [9.17, 15) is 4.79 Å². The van der Waals surface area contributed by atoms with Crippen LogP contribution in [0.4, 0.5) is 0 Å². The standard InChI is InChI=1S/C20H24N6O/c1-15-21-11-14-25(15)13-10-17(16-7-3-2-4-8-16)22-20(27)19-24-23-18-9-5-6-12-26(18)19/h2-4,7-8,11,14,17H,5-6,9-10,12-13H2,1H3,(H,22,27)/t17-/m1/s1. The predicted molar refractivity (Wildman–Crippen MR) is 101 cm³/mol. The van der Waals surface area contributed by atoms with Crippen molar-refractivity contribution in [2.75, 3.05) is 0 Å². The molecule has 0 aliphatic carbocycles. The minimum absolute atomic E-state index is 0.1000. The molecule has 27 heavy (non-hydrogen) atoms. The van der Waals surface area contributed by atoms with Gasteiger partial charge in [-0.2, -0.15) is 0 Å². The molecule has 7 nitrogen and oxygen atoms in total. The van der Waals surface area contributed by atoms with Gasteiger partial charge in [-0.3, -0.25) is 4.79 Å². The van der Waals surface area contributed by atoms with Gasteiger partial charge >= 0.3 is 0 Å². The Bertz CT molecular complexity index is 914. The summed E-state index contributed by atoms with van der Waals surface area (Å²) in [5, 5.41) is 11.5. The Morgan fingerprint density at radius 2 is 2.07 bits per heavy atom. The first-order valence-corrected chi connectivity index (χ1v) is 9.48. The summed E-state index contributed by atoms with van der Waals surface area (Å²) >= 11 is 0. The summed E-state index contributed by atoms with van der Waals surface area (Å²) in [6.07, 6.45) is 7.60. The highest BCUT2D eigenvalue weighted by Crippen LogP contribution is 2.20. The van der Waals surface area contributed by atoms with Crippen molar-refractivity contribution >= 4 is 5.91 Å². The monoisotopic (exact) mass is 364 g/mol. The summed E-state index contributed by atoms with van der Waals surface area (Å²) in [5.41, 5.74) is 1.09. The Morgan fingerprint density at radius 1 is 1.22 bits per heavy atom. The molecule has 1 atom stereocenters. The summed E-state index contributed by atoms with van der Waals surface area (Å²) in [5.74, 6) is 2.15. The largest absolute Gasteiger partial charge is 0.342 e. The lowest BCUT2D eigenvalue weighted by molar-refractivity contribution is 0.0917. The third-order valence-corrected chi connectivity index (χ3v) is 5.15. The maximum Gasteiger partial charge on any atom is 0.289 e. The van der Waals surface area contributed by atoms with E-state index < -0.39 is 0 Å². The van der Waals surface area contributed by atoms with Crippen LogP contribution in [0.5, 0.6) is 0 Å². The van der Waals surface area contributed by atoms with E-state index in [0.717, 1.165) is 56.0 Å². The number of fused-ring (bicyclic) bond motifs is 1. The van der Waals surface area contributed by atoms with Crippen molar-refractivity contribution in [3.63, 3.8) is 0 Å². The number of carbonyl (C=O) groups excluding carboxylic acids is 1. The van der Waals surface area contributed by atoms with Gasteiger partial charge in [0.05, 0.1) is 6.04 Å². The van der Waals surface area contributed by atoms with Gasteiger partial charge in [-0.25, -0.2) is 4.98 Å². The van der Waals surface area contributed by atoms with E-state index in [1.807, 2.05) is 48.0 Å². The van der Waals surface area contributed by atoms with Gasteiger partial charge < -0.3 is 14.5 Å². The molecule has 2 aromatic heterocycles. The van der Waals surface area contributed by atoms with Crippen LogP contribution in [-0.4, -0.2) is 30.2 Å². The van der Waals surface area contributed by atoms with E-state index in [1.54, 1.807) is 6.20 Å². The van der Waals surface area contributed by atoms with Crippen molar-refractivity contribution in [3.8, 4) is 0 Å². The summed E-state index contributed by atoms with van der Waals surface area (Å²) < 4.78 is 4.06. The average molecular weight is 364 g/mol. The van der Waals surface area contributed by atoms with Gasteiger partial charge in [0.15, 0.2) is 0 Å². The number of nitrogens with zero attached hydrogens (tertiary/aromatic N) is 5. The molecule has 1 aliphatic heterocycles. The number of carbonyl (C=O) groups is 1. The topological polar surface area (TPSA) is 77.6 Å². The van der Waals surface area contributed by atoms with Crippen LogP contribution in [0.25, 0.3) is 0 Å². The lowest BCUT2D eigenvalue weighted by Crippen LogP contribution is -2.32. The average Bonchev–Trinajstić information content (AvgIpc) is 3.32. The zero-order valence-electron chi connectivity index (χ0n) is 15.5. The van der Waals surface area contributed by atoms with Gasteiger partial charge in [-0.05, 0) is 31.7 Å². The SMILES string of the molecule is Cc1nccn1CC[C@@H](NC(=O)c1nnc2n1CCCC2)c1ccccc1. The molecular formula is C20H24N6O. The zero-order valence-corrected chi connectivity index (χ0v) is 15.5. The molecule has 3 heterocycles. The molecule has 0 fully saturated rings. The Kier molecular flexibility index (Phi) is 5.00. The second-order valence-electron chi connectivity index (χ2n) is 6.94. The molecule has 1 amide bonds. The fourth-order valence-electron chi connectivity index (χ4n) is 3.61. The Labute approximate surface area is 158 Å². The minimum Gasteiger partial charge on any atom is -0.342 e. The first-order valence-electron chi connectivity index (χ1n) is 9.48. The molecule has 0 unspecified atom stereocenters. The predicted octanol–water partition coefficient (Wildman–Crippen LogP) is 2.68. The molecule has 0 saturated heterocycles. The fraction of sp³-hybridized carbons (Fsp3) is 0.400. The fourth-order valence-corrected chi connectivity index (χ4v) is 3.61. The van der Waals surface area contributed by atoms with Crippen LogP contribution in [0.2, 0.25) is 0 Å². The lowest BCUT2D eigenvalue weighted by atomic mass is 10.0. The summed E-state index contributed by atoms with van der Waals surface area (Å²) in [6.45, 7) is 3.58. The maximum absolute atomic E-state index is 12.9. The second kappa shape index (κ2) is 7.73. The van der Waals surface area contributed by atoms with Crippen LogP contribution in [0.3, 0.4) is 0 Å². The third-order valence-electron chi connectivity index (χ3n) is 5.15. The highest BCUT2D eigenvalue weighted by molar-refractivity contribution is 5.91. The Hall–Kier alpha value is -2.96. The van der Waals surface area contributed by atoms with Crippen molar-refractivity contribution in [2.45, 2.75) is 51.7 Å². The number of imidazole rings is 1. The number of aromatic nitrogens is 5. The van der Waals surface area contributed by atoms with Crippen LogP contribution in [0.1, 0.15) is 53.1 Å². The first kappa shape index (κ1) is 17.5. The highest BCUT2D eigenvalue weighted by atomic mass is 16.2. The molecule has 1 N–H and O–H groups in total. The smallest absolute Gasteiger partial charge is 0.289 e. The summed E-state index contributed by atoms with van der Waals surface area (Å²) in [6, 6.07) is 9.97. The van der Waals surface area contributed by atoms with E-state index in [0.29, 0.717) is 5.82 Å². The number of hydrogen-bond acceptors (Lipinski definition) is 4. The van der Waals surface area contributed by atoms with E-state index in [1.165, 1.54) is 0 Å². The van der Waals surface area contributed by atoms with E-state index in [4.69, 9.17) is 0 Å². The molecule has 0 spiro atoms. The molecule has 1 aromatic carbocycles. The third kappa shape index (κ3) is 3.77. The minimum atomic E-state index is -0.160. The molecule has 4 rings (SSSR count). The van der Waals surface area contributed by atoms with Crippen LogP contribution in [0, 0.1) is 6.92 Å². The van der Waals surface area contributed by atoms with Crippen LogP contribution < -0.4 is 5.32 Å². The molecule has 7 heteroatoms. The van der Waals surface area contributed by atoms with Crippen LogP contribution >= 0.6 is 0 Å². The molecule has 0 saturated carbocycles. The molecule has 0 bridgehead atoms. The number of nitrogens with one attached hydrogen (secondary N) is 1. The number of rotatable bonds is 6. The first-order chi connectivity index (χ1) is 13.2. The Morgan fingerprint density at radius 3 is 2.85 bits per heavy atom. The van der Waals surface area contributed by atoms with Gasteiger partial charge in [-0.1, -0.05) is 30.3 Å². The summed E-state index contributed by atoms with van der Waals surface area (Å²) in [4.78, 5) is 17.2. The molecule has 3 aromatic rings. The van der Waals surface area contributed by atoms with Crippen molar-refractivity contribution < 1.29 is 4.79 Å². The van der Waals surface area contributed by atoms with Gasteiger partial charge in [0.1, 0.15) is 11.6 Å². The zero-order chi connectivity index (χ0) is 18.6. The van der Waals surface area contributed by atoms with Gasteiger partial charge in [-0.15, -0.1) is 10.2 Å². The lowest BCUT2D eigenvalue weighted by Gasteiger charge is -2.20. The van der Waals surface area contributed by atoms with Crippen LogP contribution in [0.15, 0.2) is 42.7 Å². The quantitative estimate of drug-likeness (QED) is 0.729. The van der Waals surface area contributed by atoms with E-state index in [2.05, 4.69) is 25.1 Å². The van der Waals surface area contributed by atoms with Crippen LogP contribution in [-0.2, 0) is 19.5 Å². The summed E-state index contributed by atoms with van der Waals surface area (Å²) in [7, 11) is 0. The van der Waals surface area contributed by atoms with Crippen molar-refractivity contribution in [2.24, 2.45) is 0 Å². The highest BCUT2D eigenvalue weighted by Gasteiger charge is 2.23. The van der Waals surface area contributed by atoms with Gasteiger partial charge in [0.2, 0.25) is 5.82 Å².